The van der Waals surface area contributed by atoms with Crippen LogP contribution in [-0.4, -0.2) is 38.3 Å². The van der Waals surface area contributed by atoms with Crippen molar-refractivity contribution in [2.45, 2.75) is 58.8 Å². The third-order valence-corrected chi connectivity index (χ3v) is 6.83. The number of aromatic nitrogens is 3. The Kier molecular flexibility index (Phi) is 4.78. The van der Waals surface area contributed by atoms with Crippen molar-refractivity contribution in [3.05, 3.63) is 51.5 Å². The number of imidazole rings is 1. The van der Waals surface area contributed by atoms with Gasteiger partial charge in [0, 0.05) is 35.5 Å². The van der Waals surface area contributed by atoms with Crippen molar-refractivity contribution in [1.82, 2.24) is 19.3 Å². The number of amides is 1. The summed E-state index contributed by atoms with van der Waals surface area (Å²) in [4.78, 5) is 26.1. The van der Waals surface area contributed by atoms with E-state index in [1.807, 2.05) is 29.3 Å². The van der Waals surface area contributed by atoms with Gasteiger partial charge in [-0.05, 0) is 38.8 Å². The minimum absolute atomic E-state index is 0.0455. The van der Waals surface area contributed by atoms with Gasteiger partial charge in [0.2, 0.25) is 0 Å². The summed E-state index contributed by atoms with van der Waals surface area (Å²) < 4.78 is 2.06. The quantitative estimate of drug-likeness (QED) is 0.629. The Morgan fingerprint density at radius 2 is 1.86 bits per heavy atom. The molecule has 1 aliphatic heterocycles. The van der Waals surface area contributed by atoms with Crippen molar-refractivity contribution in [2.75, 3.05) is 13.1 Å². The number of carbonyl (C=O) groups excluding carboxylic acids is 1. The highest BCUT2D eigenvalue weighted by Gasteiger charge is 2.30. The number of piperidine rings is 1. The van der Waals surface area contributed by atoms with Crippen LogP contribution in [0, 0.1) is 13.8 Å². The molecule has 1 fully saturated rings. The maximum Gasteiger partial charge on any atom is 0.274 e. The van der Waals surface area contributed by atoms with Crippen LogP contribution in [0.4, 0.5) is 0 Å². The third kappa shape index (κ3) is 3.34. The lowest BCUT2D eigenvalue weighted by molar-refractivity contribution is 0.0709. The molecule has 4 heterocycles. The van der Waals surface area contributed by atoms with Crippen molar-refractivity contribution in [3.8, 4) is 0 Å². The molecule has 1 saturated heterocycles. The summed E-state index contributed by atoms with van der Waals surface area (Å²) >= 11 is 1.80. The molecule has 148 valence electrons. The maximum atomic E-state index is 13.3. The van der Waals surface area contributed by atoms with Crippen LogP contribution in [0.1, 0.15) is 71.4 Å². The van der Waals surface area contributed by atoms with Crippen LogP contribution in [0.15, 0.2) is 24.4 Å². The largest absolute Gasteiger partial charge is 0.337 e. The summed E-state index contributed by atoms with van der Waals surface area (Å²) in [5.74, 6) is 1.43. The molecule has 1 aliphatic rings. The number of hydrogen-bond donors (Lipinski definition) is 0. The van der Waals surface area contributed by atoms with Crippen LogP contribution in [-0.2, 0) is 5.41 Å². The Morgan fingerprint density at radius 3 is 2.46 bits per heavy atom. The Labute approximate surface area is 170 Å². The monoisotopic (exact) mass is 396 g/mol. The van der Waals surface area contributed by atoms with E-state index in [1.165, 1.54) is 9.88 Å². The average molecular weight is 397 g/mol. The van der Waals surface area contributed by atoms with Gasteiger partial charge in [-0.1, -0.05) is 26.8 Å². The number of hydrogen-bond acceptors (Lipinski definition) is 4. The minimum Gasteiger partial charge on any atom is -0.337 e. The van der Waals surface area contributed by atoms with Gasteiger partial charge < -0.3 is 9.30 Å². The molecule has 0 aromatic carbocycles. The second-order valence-corrected chi connectivity index (χ2v) is 9.98. The van der Waals surface area contributed by atoms with Gasteiger partial charge in [0.25, 0.3) is 5.91 Å². The first-order chi connectivity index (χ1) is 13.3. The zero-order chi connectivity index (χ0) is 20.1. The van der Waals surface area contributed by atoms with Crippen LogP contribution >= 0.6 is 11.3 Å². The molecular formula is C22H28N4OS. The molecule has 0 spiro atoms. The van der Waals surface area contributed by atoms with Gasteiger partial charge in [0.15, 0.2) is 5.69 Å². The van der Waals surface area contributed by atoms with E-state index in [0.29, 0.717) is 11.6 Å². The molecule has 1 amide bonds. The molecular weight excluding hydrogens is 368 g/mol. The number of fused-ring (bicyclic) bond motifs is 1. The van der Waals surface area contributed by atoms with Crippen LogP contribution in [0.2, 0.25) is 0 Å². The molecule has 0 N–H and O–H groups in total. The first-order valence-electron chi connectivity index (χ1n) is 9.96. The van der Waals surface area contributed by atoms with E-state index >= 15 is 0 Å². The Bertz CT molecular complexity index is 1000. The third-order valence-electron chi connectivity index (χ3n) is 5.60. The van der Waals surface area contributed by atoms with Crippen molar-refractivity contribution < 1.29 is 4.79 Å². The summed E-state index contributed by atoms with van der Waals surface area (Å²) in [6.45, 7) is 12.1. The molecule has 28 heavy (non-hydrogen) atoms. The average Bonchev–Trinajstić information content (AvgIpc) is 3.22. The standard InChI is InChI=1S/C22H28N4OS/c1-14-15(2)28-19(23-14)16-9-12-25(13-10-16)20(27)18-17-8-6-7-11-26(17)21(24-18)22(3,4)5/h6-8,11,16H,9-10,12-13H2,1-5H3. The molecule has 3 aromatic heterocycles. The van der Waals surface area contributed by atoms with Crippen LogP contribution in [0.3, 0.4) is 0 Å². The highest BCUT2D eigenvalue weighted by atomic mass is 32.1. The van der Waals surface area contributed by atoms with Crippen molar-refractivity contribution in [3.63, 3.8) is 0 Å². The molecule has 0 saturated carbocycles. The van der Waals surface area contributed by atoms with Gasteiger partial charge in [-0.25, -0.2) is 9.97 Å². The summed E-state index contributed by atoms with van der Waals surface area (Å²) in [5, 5.41) is 1.23. The fourth-order valence-corrected chi connectivity index (χ4v) is 4.97. The summed E-state index contributed by atoms with van der Waals surface area (Å²) in [6, 6.07) is 5.95. The molecule has 0 aliphatic carbocycles. The highest BCUT2D eigenvalue weighted by Crippen LogP contribution is 2.33. The Balaban J connectivity index is 1.56. The van der Waals surface area contributed by atoms with Gasteiger partial charge in [-0.15, -0.1) is 11.3 Å². The maximum absolute atomic E-state index is 13.3. The van der Waals surface area contributed by atoms with Crippen molar-refractivity contribution in [2.24, 2.45) is 0 Å². The Hall–Kier alpha value is -2.21. The van der Waals surface area contributed by atoms with E-state index in [9.17, 15) is 4.79 Å². The number of rotatable bonds is 2. The van der Waals surface area contributed by atoms with Crippen LogP contribution in [0.5, 0.6) is 0 Å². The predicted octanol–water partition coefficient (Wildman–Crippen LogP) is 4.72. The number of thiazole rings is 1. The molecule has 0 atom stereocenters. The molecule has 0 bridgehead atoms. The van der Waals surface area contributed by atoms with E-state index in [2.05, 4.69) is 39.0 Å². The number of carbonyl (C=O) groups is 1. The van der Waals surface area contributed by atoms with Gasteiger partial charge in [-0.3, -0.25) is 4.79 Å². The predicted molar refractivity (Wildman–Crippen MR) is 113 cm³/mol. The highest BCUT2D eigenvalue weighted by molar-refractivity contribution is 7.11. The van der Waals surface area contributed by atoms with E-state index in [-0.39, 0.29) is 11.3 Å². The fourth-order valence-electron chi connectivity index (χ4n) is 3.88. The first kappa shape index (κ1) is 19.1. The topological polar surface area (TPSA) is 50.5 Å². The van der Waals surface area contributed by atoms with E-state index in [4.69, 9.17) is 9.97 Å². The molecule has 3 aromatic rings. The van der Waals surface area contributed by atoms with Crippen molar-refractivity contribution >= 4 is 22.8 Å². The van der Waals surface area contributed by atoms with Crippen LogP contribution in [0.25, 0.3) is 5.52 Å². The summed E-state index contributed by atoms with van der Waals surface area (Å²) in [6.07, 6.45) is 3.94. The zero-order valence-corrected chi connectivity index (χ0v) is 18.1. The van der Waals surface area contributed by atoms with Crippen molar-refractivity contribution in [1.29, 1.82) is 0 Å². The minimum atomic E-state index is -0.129. The smallest absolute Gasteiger partial charge is 0.274 e. The number of aryl methyl sites for hydroxylation is 2. The zero-order valence-electron chi connectivity index (χ0n) is 17.3. The molecule has 4 rings (SSSR count). The lowest BCUT2D eigenvalue weighted by Crippen LogP contribution is -2.38. The Morgan fingerprint density at radius 1 is 1.14 bits per heavy atom. The van der Waals surface area contributed by atoms with Gasteiger partial charge >= 0.3 is 0 Å². The number of pyridine rings is 1. The lowest BCUT2D eigenvalue weighted by Gasteiger charge is -2.30. The first-order valence-corrected chi connectivity index (χ1v) is 10.8. The second-order valence-electron chi connectivity index (χ2n) is 8.75. The van der Waals surface area contributed by atoms with Gasteiger partial charge in [0.05, 0.1) is 16.2 Å². The normalized spacial score (nSPS) is 16.1. The van der Waals surface area contributed by atoms with E-state index < -0.39 is 0 Å². The molecule has 0 unspecified atom stereocenters. The fraction of sp³-hybridized carbons (Fsp3) is 0.500. The molecule has 0 radical (unpaired) electrons. The summed E-state index contributed by atoms with van der Waals surface area (Å²) in [7, 11) is 0. The van der Waals surface area contributed by atoms with Gasteiger partial charge in [-0.2, -0.15) is 0 Å². The molecule has 6 heteroatoms. The van der Waals surface area contributed by atoms with Gasteiger partial charge in [0.1, 0.15) is 5.82 Å². The SMILES string of the molecule is Cc1nc(C2CCN(C(=O)c3nc(C(C)(C)C)n4ccccc34)CC2)sc1C. The molecule has 5 nitrogen and oxygen atoms in total. The number of nitrogens with zero attached hydrogens (tertiary/aromatic N) is 4. The number of likely N-dealkylation sites (tertiary alicyclic amines) is 1. The summed E-state index contributed by atoms with van der Waals surface area (Å²) in [5.41, 5.74) is 2.48. The van der Waals surface area contributed by atoms with Crippen LogP contribution < -0.4 is 0 Å². The van der Waals surface area contributed by atoms with E-state index in [0.717, 1.165) is 43.0 Å². The van der Waals surface area contributed by atoms with E-state index in [1.54, 1.807) is 11.3 Å². The second kappa shape index (κ2) is 6.99. The lowest BCUT2D eigenvalue weighted by atomic mass is 9.96.